The topological polar surface area (TPSA) is 60.7 Å². The first-order valence-electron chi connectivity index (χ1n) is 3.79. The van der Waals surface area contributed by atoms with Gasteiger partial charge < -0.3 is 0 Å². The summed E-state index contributed by atoms with van der Waals surface area (Å²) in [4.78, 5) is 10.3. The molecule has 14 heavy (non-hydrogen) atoms. The predicted octanol–water partition coefficient (Wildman–Crippen LogP) is 0.614. The number of nitrogens with zero attached hydrogens (tertiary/aromatic N) is 4. The lowest BCUT2D eigenvalue weighted by molar-refractivity contribution is 0.112. The number of benzene rings is 1. The molecule has 0 aliphatic carbocycles. The van der Waals surface area contributed by atoms with E-state index in [1.54, 1.807) is 0 Å². The summed E-state index contributed by atoms with van der Waals surface area (Å²) in [6.45, 7) is 0. The summed E-state index contributed by atoms with van der Waals surface area (Å²) in [6, 6.07) is 4.06. The van der Waals surface area contributed by atoms with Crippen LogP contribution in [0.4, 0.5) is 4.39 Å². The van der Waals surface area contributed by atoms with Crippen molar-refractivity contribution >= 4 is 6.29 Å². The molecule has 0 saturated carbocycles. The third-order valence-electron chi connectivity index (χ3n) is 1.70. The number of carbonyl (C=O) groups excluding carboxylic acids is 1. The Morgan fingerprint density at radius 2 is 2.29 bits per heavy atom. The van der Waals surface area contributed by atoms with Gasteiger partial charge in [0.25, 0.3) is 0 Å². The van der Waals surface area contributed by atoms with Crippen LogP contribution in [0.3, 0.4) is 0 Å². The minimum Gasteiger partial charge on any atom is -0.298 e. The van der Waals surface area contributed by atoms with Crippen molar-refractivity contribution in [2.45, 2.75) is 0 Å². The van der Waals surface area contributed by atoms with Crippen LogP contribution in [0.2, 0.25) is 0 Å². The molecule has 0 saturated heterocycles. The van der Waals surface area contributed by atoms with Gasteiger partial charge in [-0.3, -0.25) is 4.79 Å². The molecule has 0 fully saturated rings. The largest absolute Gasteiger partial charge is 0.298 e. The quantitative estimate of drug-likeness (QED) is 0.654. The van der Waals surface area contributed by atoms with E-state index in [-0.39, 0.29) is 11.3 Å². The minimum absolute atomic E-state index is 0.209. The van der Waals surface area contributed by atoms with Crippen LogP contribution in [0, 0.1) is 5.82 Å². The lowest BCUT2D eigenvalue weighted by Crippen LogP contribution is -1.99. The molecule has 0 atom stereocenters. The highest BCUT2D eigenvalue weighted by atomic mass is 19.1. The van der Waals surface area contributed by atoms with Crippen molar-refractivity contribution in [1.82, 2.24) is 20.2 Å². The van der Waals surface area contributed by atoms with Crippen LogP contribution < -0.4 is 0 Å². The van der Waals surface area contributed by atoms with Gasteiger partial charge >= 0.3 is 0 Å². The van der Waals surface area contributed by atoms with E-state index in [0.717, 1.165) is 6.07 Å². The maximum Gasteiger partial charge on any atom is 0.150 e. The number of rotatable bonds is 2. The molecule has 70 valence electrons. The molecule has 0 amide bonds. The third kappa shape index (κ3) is 1.37. The summed E-state index contributed by atoms with van der Waals surface area (Å²) in [5.41, 5.74) is 0.486. The van der Waals surface area contributed by atoms with Crippen molar-refractivity contribution in [3.63, 3.8) is 0 Å². The monoisotopic (exact) mass is 192 g/mol. The molecule has 6 heteroatoms. The molecule has 0 spiro atoms. The first-order valence-corrected chi connectivity index (χ1v) is 3.79. The second-order valence-corrected chi connectivity index (χ2v) is 2.58. The van der Waals surface area contributed by atoms with Gasteiger partial charge in [-0.2, -0.15) is 4.68 Å². The van der Waals surface area contributed by atoms with Gasteiger partial charge in [0.05, 0.1) is 0 Å². The van der Waals surface area contributed by atoms with Gasteiger partial charge in [0.15, 0.2) is 0 Å². The highest BCUT2D eigenvalue weighted by Crippen LogP contribution is 2.12. The Kier molecular flexibility index (Phi) is 2.02. The van der Waals surface area contributed by atoms with Gasteiger partial charge in [-0.15, -0.1) is 5.10 Å². The van der Waals surface area contributed by atoms with Crippen LogP contribution in [0.1, 0.15) is 10.4 Å². The Morgan fingerprint density at radius 1 is 1.43 bits per heavy atom. The molecular weight excluding hydrogens is 187 g/mol. The van der Waals surface area contributed by atoms with Crippen molar-refractivity contribution in [3.8, 4) is 5.69 Å². The third-order valence-corrected chi connectivity index (χ3v) is 1.70. The number of hydrogen-bond acceptors (Lipinski definition) is 4. The minimum atomic E-state index is -0.540. The Morgan fingerprint density at radius 3 is 2.86 bits per heavy atom. The molecule has 1 aromatic heterocycles. The Bertz CT molecular complexity index is 454. The average Bonchev–Trinajstić information content (AvgIpc) is 2.70. The van der Waals surface area contributed by atoms with Crippen LogP contribution in [-0.4, -0.2) is 26.5 Å². The molecule has 0 aliphatic heterocycles. The van der Waals surface area contributed by atoms with Crippen LogP contribution in [0.25, 0.3) is 5.69 Å². The van der Waals surface area contributed by atoms with Gasteiger partial charge in [0.1, 0.15) is 24.1 Å². The van der Waals surface area contributed by atoms with E-state index in [0.29, 0.717) is 6.29 Å². The van der Waals surface area contributed by atoms with Crippen LogP contribution in [-0.2, 0) is 0 Å². The number of aromatic nitrogens is 4. The van der Waals surface area contributed by atoms with E-state index in [1.165, 1.54) is 23.1 Å². The zero-order chi connectivity index (χ0) is 9.97. The molecule has 0 aliphatic rings. The van der Waals surface area contributed by atoms with Crippen LogP contribution in [0.5, 0.6) is 0 Å². The molecule has 1 heterocycles. The summed E-state index contributed by atoms with van der Waals surface area (Å²) in [7, 11) is 0. The normalized spacial score (nSPS) is 10.1. The van der Waals surface area contributed by atoms with E-state index in [1.807, 2.05) is 0 Å². The van der Waals surface area contributed by atoms with E-state index < -0.39 is 5.82 Å². The molecule has 0 N–H and O–H groups in total. The van der Waals surface area contributed by atoms with Gasteiger partial charge in [-0.1, -0.05) is 0 Å². The van der Waals surface area contributed by atoms with E-state index in [4.69, 9.17) is 0 Å². The summed E-state index contributed by atoms with van der Waals surface area (Å²) in [6.07, 6.45) is 1.85. The lowest BCUT2D eigenvalue weighted by atomic mass is 10.2. The van der Waals surface area contributed by atoms with Crippen LogP contribution in [0.15, 0.2) is 24.5 Å². The molecule has 0 radical (unpaired) electrons. The van der Waals surface area contributed by atoms with Crippen molar-refractivity contribution < 1.29 is 9.18 Å². The summed E-state index contributed by atoms with van der Waals surface area (Å²) in [5.74, 6) is -0.540. The van der Waals surface area contributed by atoms with E-state index in [2.05, 4.69) is 15.5 Å². The molecule has 0 bridgehead atoms. The number of tetrazole rings is 1. The number of halogens is 1. The number of carbonyl (C=O) groups is 1. The smallest absolute Gasteiger partial charge is 0.150 e. The predicted molar refractivity (Wildman–Crippen MR) is 44.5 cm³/mol. The van der Waals surface area contributed by atoms with Gasteiger partial charge in [-0.05, 0) is 28.6 Å². The molecule has 0 unspecified atom stereocenters. The number of aldehydes is 1. The standard InChI is InChI=1S/C8H5FN4O/c9-7-3-6(4-14)1-2-8(7)13-5-10-11-12-13/h1-5H. The molecule has 5 nitrogen and oxygen atoms in total. The van der Waals surface area contributed by atoms with Crippen molar-refractivity contribution in [2.75, 3.05) is 0 Å². The Labute approximate surface area is 78.2 Å². The fourth-order valence-corrected chi connectivity index (χ4v) is 1.05. The molecular formula is C8H5FN4O. The summed E-state index contributed by atoms with van der Waals surface area (Å²) < 4.78 is 14.5. The van der Waals surface area contributed by atoms with E-state index >= 15 is 0 Å². The summed E-state index contributed by atoms with van der Waals surface area (Å²) >= 11 is 0. The average molecular weight is 192 g/mol. The second-order valence-electron chi connectivity index (χ2n) is 2.58. The second kappa shape index (κ2) is 3.33. The Balaban J connectivity index is 2.51. The maximum atomic E-state index is 13.3. The first kappa shape index (κ1) is 8.49. The Hall–Kier alpha value is -2.11. The fraction of sp³-hybridized carbons (Fsp3) is 0. The maximum absolute atomic E-state index is 13.3. The first-order chi connectivity index (χ1) is 6.81. The molecule has 1 aromatic carbocycles. The lowest BCUT2D eigenvalue weighted by Gasteiger charge is -2.00. The SMILES string of the molecule is O=Cc1ccc(-n2cnnn2)c(F)c1. The zero-order valence-corrected chi connectivity index (χ0v) is 6.96. The van der Waals surface area contributed by atoms with E-state index in [9.17, 15) is 9.18 Å². The van der Waals surface area contributed by atoms with Crippen molar-refractivity contribution in [2.24, 2.45) is 0 Å². The highest BCUT2D eigenvalue weighted by molar-refractivity contribution is 5.75. The zero-order valence-electron chi connectivity index (χ0n) is 6.96. The number of hydrogen-bond donors (Lipinski definition) is 0. The fourth-order valence-electron chi connectivity index (χ4n) is 1.05. The molecule has 2 aromatic rings. The van der Waals surface area contributed by atoms with Gasteiger partial charge in [0, 0.05) is 5.56 Å². The van der Waals surface area contributed by atoms with Gasteiger partial charge in [-0.25, -0.2) is 4.39 Å². The van der Waals surface area contributed by atoms with Crippen molar-refractivity contribution in [1.29, 1.82) is 0 Å². The molecule has 2 rings (SSSR count). The summed E-state index contributed by atoms with van der Waals surface area (Å²) in [5, 5.41) is 10.3. The van der Waals surface area contributed by atoms with Gasteiger partial charge in [0.2, 0.25) is 0 Å². The highest BCUT2D eigenvalue weighted by Gasteiger charge is 2.05. The van der Waals surface area contributed by atoms with Crippen molar-refractivity contribution in [3.05, 3.63) is 35.9 Å². The van der Waals surface area contributed by atoms with Crippen LogP contribution >= 0.6 is 0 Å².